The van der Waals surface area contributed by atoms with E-state index in [0.29, 0.717) is 22.2 Å². The van der Waals surface area contributed by atoms with Gasteiger partial charge in [-0.2, -0.15) is 0 Å². The van der Waals surface area contributed by atoms with Crippen molar-refractivity contribution in [2.45, 2.75) is 6.92 Å². The van der Waals surface area contributed by atoms with Gasteiger partial charge in [-0.1, -0.05) is 22.0 Å². The maximum Gasteiger partial charge on any atom is 0.339 e. The lowest BCUT2D eigenvalue weighted by molar-refractivity contribution is 0.0600. The second kappa shape index (κ2) is 7.09. The summed E-state index contributed by atoms with van der Waals surface area (Å²) in [6.45, 7) is 1.78. The molecule has 0 aliphatic heterocycles. The number of fused-ring (bicyclic) bond motifs is 1. The topological polar surface area (TPSA) is 101 Å². The van der Waals surface area contributed by atoms with Crippen LogP contribution in [0.15, 0.2) is 45.8 Å². The van der Waals surface area contributed by atoms with Crippen LogP contribution in [-0.4, -0.2) is 29.0 Å². The molecule has 0 radical (unpaired) electrons. The highest BCUT2D eigenvalue weighted by Gasteiger charge is 2.16. The van der Waals surface area contributed by atoms with E-state index in [4.69, 9.17) is 0 Å². The third-order valence-electron chi connectivity index (χ3n) is 3.72. The minimum absolute atomic E-state index is 0.0439. The molecular weight excluding hydrogens is 402 g/mol. The molecule has 0 spiro atoms. The lowest BCUT2D eigenvalue weighted by Crippen LogP contribution is -2.21. The van der Waals surface area contributed by atoms with Crippen molar-refractivity contribution in [2.75, 3.05) is 12.4 Å². The van der Waals surface area contributed by atoms with E-state index in [1.807, 2.05) is 6.07 Å². The second-order valence-corrected chi connectivity index (χ2v) is 6.47. The Morgan fingerprint density at radius 2 is 2.00 bits per heavy atom. The van der Waals surface area contributed by atoms with Crippen LogP contribution in [0.3, 0.4) is 0 Å². The van der Waals surface area contributed by atoms with Crippen molar-refractivity contribution in [3.63, 3.8) is 0 Å². The van der Waals surface area contributed by atoms with E-state index in [0.717, 1.165) is 4.47 Å². The maximum atomic E-state index is 12.7. The van der Waals surface area contributed by atoms with Crippen LogP contribution in [0, 0.1) is 6.92 Å². The van der Waals surface area contributed by atoms with Gasteiger partial charge in [0.15, 0.2) is 0 Å². The van der Waals surface area contributed by atoms with E-state index >= 15 is 0 Å². The number of pyridine rings is 2. The lowest BCUT2D eigenvalue weighted by atomic mass is 10.1. The van der Waals surface area contributed by atoms with Gasteiger partial charge in [-0.05, 0) is 31.2 Å². The molecule has 132 valence electrons. The average molecular weight is 416 g/mol. The number of esters is 1. The van der Waals surface area contributed by atoms with Crippen molar-refractivity contribution < 1.29 is 14.3 Å². The number of nitrogens with zero attached hydrogens (tertiary/aromatic N) is 1. The summed E-state index contributed by atoms with van der Waals surface area (Å²) in [6, 6.07) is 8.31. The van der Waals surface area contributed by atoms with E-state index in [1.165, 1.54) is 19.4 Å². The molecule has 0 saturated carbocycles. The Bertz CT molecular complexity index is 1090. The van der Waals surface area contributed by atoms with E-state index in [1.54, 1.807) is 25.1 Å². The number of rotatable bonds is 3. The van der Waals surface area contributed by atoms with Gasteiger partial charge in [-0.15, -0.1) is 0 Å². The van der Waals surface area contributed by atoms with Gasteiger partial charge in [-0.3, -0.25) is 14.6 Å². The molecule has 26 heavy (non-hydrogen) atoms. The summed E-state index contributed by atoms with van der Waals surface area (Å²) in [6.07, 6.45) is 1.23. The van der Waals surface area contributed by atoms with Gasteiger partial charge in [0.2, 0.25) is 0 Å². The third-order valence-corrected chi connectivity index (χ3v) is 4.21. The van der Waals surface area contributed by atoms with E-state index < -0.39 is 17.4 Å². The molecule has 0 aliphatic rings. The molecule has 3 rings (SSSR count). The number of halogens is 1. The number of aromatic nitrogens is 2. The monoisotopic (exact) mass is 415 g/mol. The summed E-state index contributed by atoms with van der Waals surface area (Å²) in [7, 11) is 1.23. The summed E-state index contributed by atoms with van der Waals surface area (Å²) in [4.78, 5) is 43.2. The van der Waals surface area contributed by atoms with Crippen molar-refractivity contribution in [3.8, 4) is 0 Å². The molecule has 0 saturated heterocycles. The van der Waals surface area contributed by atoms with Crippen LogP contribution in [0.2, 0.25) is 0 Å². The van der Waals surface area contributed by atoms with Gasteiger partial charge in [0.1, 0.15) is 5.69 Å². The van der Waals surface area contributed by atoms with Crippen molar-refractivity contribution in [1.29, 1.82) is 0 Å². The Kier molecular flexibility index (Phi) is 4.85. The number of ether oxygens (including phenoxy) is 1. The van der Waals surface area contributed by atoms with Gasteiger partial charge < -0.3 is 15.0 Å². The largest absolute Gasteiger partial charge is 0.465 e. The highest BCUT2D eigenvalue weighted by Crippen LogP contribution is 2.23. The number of methoxy groups -OCH3 is 1. The first-order valence-electron chi connectivity index (χ1n) is 7.58. The summed E-state index contributed by atoms with van der Waals surface area (Å²) in [5, 5.41) is 3.20. The van der Waals surface area contributed by atoms with Crippen molar-refractivity contribution in [2.24, 2.45) is 0 Å². The highest BCUT2D eigenvalue weighted by atomic mass is 79.9. The fraction of sp³-hybridized carbons (Fsp3) is 0.111. The molecule has 1 amide bonds. The molecule has 0 unspecified atom stereocenters. The molecule has 2 heterocycles. The standard InChI is InChI=1S/C18H14BrN3O4/c1-9-5-13(12-4-3-11(19)7-14(12)21-9)16(23)22-15-6-10(18(25)26-2)8-20-17(15)24/h3-8H,1-2H3,(H,20,24)(H,22,23). The SMILES string of the molecule is COC(=O)c1c[nH]c(=O)c(NC(=O)c2cc(C)nc3cc(Br)ccc23)c1. The van der Waals surface area contributed by atoms with E-state index in [-0.39, 0.29) is 11.3 Å². The van der Waals surface area contributed by atoms with Gasteiger partial charge in [0.05, 0.1) is 23.8 Å². The quantitative estimate of drug-likeness (QED) is 0.640. The fourth-order valence-electron chi connectivity index (χ4n) is 2.52. The number of nitrogens with one attached hydrogen (secondary N) is 2. The average Bonchev–Trinajstić information content (AvgIpc) is 2.61. The molecule has 1 aromatic carbocycles. The Morgan fingerprint density at radius 1 is 1.23 bits per heavy atom. The van der Waals surface area contributed by atoms with Gasteiger partial charge in [0, 0.05) is 21.7 Å². The highest BCUT2D eigenvalue weighted by molar-refractivity contribution is 9.10. The van der Waals surface area contributed by atoms with Crippen LogP contribution in [0.1, 0.15) is 26.4 Å². The third kappa shape index (κ3) is 3.50. The number of carbonyl (C=O) groups excluding carboxylic acids is 2. The number of hydrogen-bond donors (Lipinski definition) is 2. The molecule has 2 N–H and O–H groups in total. The Hall–Kier alpha value is -3.00. The van der Waals surface area contributed by atoms with Gasteiger partial charge in [0.25, 0.3) is 11.5 Å². The predicted molar refractivity (Wildman–Crippen MR) is 101 cm³/mol. The molecule has 3 aromatic rings. The van der Waals surface area contributed by atoms with Crippen molar-refractivity contribution in [1.82, 2.24) is 9.97 Å². The number of benzene rings is 1. The summed E-state index contributed by atoms with van der Waals surface area (Å²) in [5.41, 5.74) is 1.26. The van der Waals surface area contributed by atoms with Crippen LogP contribution in [0.25, 0.3) is 10.9 Å². The number of carbonyl (C=O) groups is 2. The van der Waals surface area contributed by atoms with Crippen LogP contribution in [-0.2, 0) is 4.74 Å². The predicted octanol–water partition coefficient (Wildman–Crippen LogP) is 3.03. The van der Waals surface area contributed by atoms with Crippen molar-refractivity contribution in [3.05, 3.63) is 68.2 Å². The molecule has 0 fully saturated rings. The van der Waals surface area contributed by atoms with Gasteiger partial charge in [-0.25, -0.2) is 4.79 Å². The van der Waals surface area contributed by atoms with Crippen LogP contribution in [0.4, 0.5) is 5.69 Å². The van der Waals surface area contributed by atoms with Gasteiger partial charge >= 0.3 is 5.97 Å². The first-order valence-corrected chi connectivity index (χ1v) is 8.37. The number of amides is 1. The minimum Gasteiger partial charge on any atom is -0.465 e. The zero-order chi connectivity index (χ0) is 18.8. The zero-order valence-electron chi connectivity index (χ0n) is 13.9. The van der Waals surface area contributed by atoms with E-state index in [2.05, 4.69) is 36.0 Å². The Balaban J connectivity index is 2.03. The summed E-state index contributed by atoms with van der Waals surface area (Å²) >= 11 is 3.38. The maximum absolute atomic E-state index is 12.7. The molecule has 0 atom stereocenters. The lowest BCUT2D eigenvalue weighted by Gasteiger charge is -2.09. The smallest absolute Gasteiger partial charge is 0.339 e. The summed E-state index contributed by atoms with van der Waals surface area (Å²) in [5.74, 6) is -1.10. The van der Waals surface area contributed by atoms with Crippen molar-refractivity contribution >= 4 is 44.4 Å². The summed E-state index contributed by atoms with van der Waals surface area (Å²) < 4.78 is 5.46. The number of H-pyrrole nitrogens is 1. The number of aromatic amines is 1. The molecule has 2 aromatic heterocycles. The normalized spacial score (nSPS) is 10.6. The van der Waals surface area contributed by atoms with E-state index in [9.17, 15) is 14.4 Å². The van der Waals surface area contributed by atoms with Crippen LogP contribution in [0.5, 0.6) is 0 Å². The zero-order valence-corrected chi connectivity index (χ0v) is 15.5. The molecule has 7 nitrogen and oxygen atoms in total. The number of hydrogen-bond acceptors (Lipinski definition) is 5. The minimum atomic E-state index is -0.619. The first kappa shape index (κ1) is 17.8. The van der Waals surface area contributed by atoms with Crippen LogP contribution >= 0.6 is 15.9 Å². The Labute approximate surface area is 156 Å². The molecule has 8 heteroatoms. The van der Waals surface area contributed by atoms with Crippen LogP contribution < -0.4 is 10.9 Å². The fourth-order valence-corrected chi connectivity index (χ4v) is 2.87. The molecule has 0 aliphatic carbocycles. The molecular formula is C18H14BrN3O4. The molecule has 0 bridgehead atoms. The first-order chi connectivity index (χ1) is 12.4. The number of anilines is 1. The number of aryl methyl sites for hydroxylation is 1. The Morgan fingerprint density at radius 3 is 2.73 bits per heavy atom. The second-order valence-electron chi connectivity index (χ2n) is 5.55.